The van der Waals surface area contributed by atoms with Gasteiger partial charge in [-0.15, -0.1) is 0 Å². The molecule has 0 N–H and O–H groups in total. The number of carbonyl (C=O) groups excluding carboxylic acids is 1. The lowest BCUT2D eigenvalue weighted by atomic mass is 10.2. The molecule has 102 valence electrons. The van der Waals surface area contributed by atoms with Gasteiger partial charge in [-0.1, -0.05) is 34.1 Å². The average Bonchev–Trinajstić information content (AvgIpc) is 2.45. The third-order valence-electron chi connectivity index (χ3n) is 2.48. The number of carbonyl (C=O) groups is 1. The zero-order valence-electron chi connectivity index (χ0n) is 10.6. The summed E-state index contributed by atoms with van der Waals surface area (Å²) in [5.41, 5.74) is 0.631. The summed E-state index contributed by atoms with van der Waals surface area (Å²) in [6.45, 7) is 0. The highest BCUT2D eigenvalue weighted by Gasteiger charge is 2.09. The normalized spacial score (nSPS) is 10.7. The van der Waals surface area contributed by atoms with E-state index in [0.717, 1.165) is 16.1 Å². The largest absolute Gasteiger partial charge is 0.463 e. The van der Waals surface area contributed by atoms with Gasteiger partial charge >= 0.3 is 5.97 Å². The van der Waals surface area contributed by atoms with Gasteiger partial charge in [0.2, 0.25) is 5.76 Å². The number of esters is 1. The van der Waals surface area contributed by atoms with Gasteiger partial charge in [0.15, 0.2) is 5.43 Å². The Kier molecular flexibility index (Phi) is 4.53. The maximum atomic E-state index is 11.5. The van der Waals surface area contributed by atoms with Crippen molar-refractivity contribution in [1.29, 1.82) is 0 Å². The number of methoxy groups -OCH3 is 1. The molecular weight excluding hydrogens is 324 g/mol. The third-order valence-corrected chi connectivity index (χ3v) is 3.01. The first-order valence-corrected chi connectivity index (χ1v) is 6.55. The number of hydrogen-bond donors (Lipinski definition) is 0. The van der Waals surface area contributed by atoms with Crippen molar-refractivity contribution in [2.45, 2.75) is 0 Å². The van der Waals surface area contributed by atoms with Gasteiger partial charge in [-0.2, -0.15) is 0 Å². The highest BCUT2D eigenvalue weighted by molar-refractivity contribution is 9.10. The van der Waals surface area contributed by atoms with Crippen molar-refractivity contribution in [2.24, 2.45) is 0 Å². The Balaban J connectivity index is 2.29. The first kappa shape index (κ1) is 14.3. The van der Waals surface area contributed by atoms with E-state index >= 15 is 0 Å². The summed E-state index contributed by atoms with van der Waals surface area (Å²) >= 11 is 3.35. The molecule has 0 bridgehead atoms. The van der Waals surface area contributed by atoms with E-state index in [1.165, 1.54) is 13.2 Å². The molecule has 0 fully saturated rings. The van der Waals surface area contributed by atoms with Crippen LogP contribution < -0.4 is 5.43 Å². The molecule has 2 rings (SSSR count). The van der Waals surface area contributed by atoms with Gasteiger partial charge in [-0.05, 0) is 23.8 Å². The summed E-state index contributed by atoms with van der Waals surface area (Å²) < 4.78 is 10.8. The van der Waals surface area contributed by atoms with Crippen LogP contribution >= 0.6 is 15.9 Å². The van der Waals surface area contributed by atoms with Crippen molar-refractivity contribution in [3.63, 3.8) is 0 Å². The van der Waals surface area contributed by atoms with E-state index in [-0.39, 0.29) is 11.2 Å². The predicted molar refractivity (Wildman–Crippen MR) is 79.4 cm³/mol. The standard InChI is InChI=1S/C15H11BrO4/c1-19-15(18)14-9-12(17)8-13(20-14)7-4-10-2-5-11(16)6-3-10/h2-9H,1H3/b7-4+. The lowest BCUT2D eigenvalue weighted by Crippen LogP contribution is -2.07. The Bertz CT molecular complexity index is 699. The first-order valence-electron chi connectivity index (χ1n) is 5.75. The smallest absolute Gasteiger partial charge is 0.374 e. The van der Waals surface area contributed by atoms with Gasteiger partial charge in [0.1, 0.15) is 5.76 Å². The van der Waals surface area contributed by atoms with Crippen LogP contribution in [0.1, 0.15) is 21.9 Å². The Morgan fingerprint density at radius 2 is 1.90 bits per heavy atom. The fourth-order valence-corrected chi connectivity index (χ4v) is 1.80. The van der Waals surface area contributed by atoms with Crippen LogP contribution in [0.3, 0.4) is 0 Å². The molecule has 1 aromatic carbocycles. The number of halogens is 1. The second-order valence-electron chi connectivity index (χ2n) is 3.94. The molecule has 2 aromatic rings. The fraction of sp³-hybridized carbons (Fsp3) is 0.0667. The van der Waals surface area contributed by atoms with E-state index in [1.807, 2.05) is 24.3 Å². The van der Waals surface area contributed by atoms with Crippen molar-refractivity contribution in [2.75, 3.05) is 7.11 Å². The summed E-state index contributed by atoms with van der Waals surface area (Å²) in [5, 5.41) is 0. The zero-order valence-corrected chi connectivity index (χ0v) is 12.2. The highest BCUT2D eigenvalue weighted by atomic mass is 79.9. The molecule has 0 unspecified atom stereocenters. The molecule has 0 radical (unpaired) electrons. The van der Waals surface area contributed by atoms with Crippen molar-refractivity contribution in [1.82, 2.24) is 0 Å². The topological polar surface area (TPSA) is 56.5 Å². The van der Waals surface area contributed by atoms with E-state index in [0.29, 0.717) is 5.76 Å². The van der Waals surface area contributed by atoms with Crippen LogP contribution in [-0.2, 0) is 4.74 Å². The average molecular weight is 335 g/mol. The molecule has 20 heavy (non-hydrogen) atoms. The minimum atomic E-state index is -0.680. The Hall–Kier alpha value is -2.14. The number of rotatable bonds is 3. The van der Waals surface area contributed by atoms with Gasteiger partial charge in [-0.3, -0.25) is 4.79 Å². The second-order valence-corrected chi connectivity index (χ2v) is 4.85. The number of benzene rings is 1. The summed E-state index contributed by atoms with van der Waals surface area (Å²) in [6, 6.07) is 10.0. The van der Waals surface area contributed by atoms with Gasteiger partial charge in [-0.25, -0.2) is 4.79 Å². The van der Waals surface area contributed by atoms with Crippen LogP contribution in [0.2, 0.25) is 0 Å². The molecule has 0 saturated heterocycles. The Morgan fingerprint density at radius 3 is 2.55 bits per heavy atom. The molecule has 5 heteroatoms. The van der Waals surface area contributed by atoms with E-state index in [9.17, 15) is 9.59 Å². The lowest BCUT2D eigenvalue weighted by molar-refractivity contribution is 0.0561. The van der Waals surface area contributed by atoms with Gasteiger partial charge in [0, 0.05) is 16.6 Å². The van der Waals surface area contributed by atoms with Crippen molar-refractivity contribution in [3.05, 3.63) is 68.2 Å². The van der Waals surface area contributed by atoms with E-state index in [2.05, 4.69) is 20.7 Å². The summed E-state index contributed by atoms with van der Waals surface area (Å²) in [6.07, 6.45) is 3.41. The van der Waals surface area contributed by atoms with Crippen LogP contribution in [0.15, 0.2) is 50.1 Å². The van der Waals surface area contributed by atoms with E-state index in [4.69, 9.17) is 4.42 Å². The van der Waals surface area contributed by atoms with Crippen LogP contribution in [0, 0.1) is 0 Å². The van der Waals surface area contributed by atoms with Crippen molar-refractivity contribution in [3.8, 4) is 0 Å². The summed E-state index contributed by atoms with van der Waals surface area (Å²) in [7, 11) is 1.23. The zero-order chi connectivity index (χ0) is 14.5. The monoisotopic (exact) mass is 334 g/mol. The fourth-order valence-electron chi connectivity index (χ4n) is 1.53. The van der Waals surface area contributed by atoms with Gasteiger partial charge in [0.05, 0.1) is 7.11 Å². The molecule has 0 aliphatic rings. The highest BCUT2D eigenvalue weighted by Crippen LogP contribution is 2.13. The van der Waals surface area contributed by atoms with Crippen LogP contribution in [0.5, 0.6) is 0 Å². The first-order chi connectivity index (χ1) is 9.58. The molecule has 0 aliphatic heterocycles. The molecular formula is C15H11BrO4. The van der Waals surface area contributed by atoms with Crippen molar-refractivity contribution >= 4 is 34.1 Å². The molecule has 0 spiro atoms. The Labute approximate surface area is 123 Å². The molecule has 0 saturated carbocycles. The van der Waals surface area contributed by atoms with Crippen molar-refractivity contribution < 1.29 is 13.9 Å². The molecule has 4 nitrogen and oxygen atoms in total. The maximum Gasteiger partial charge on any atom is 0.374 e. The maximum absolute atomic E-state index is 11.5. The van der Waals surface area contributed by atoms with Crippen LogP contribution in [0.25, 0.3) is 12.2 Å². The van der Waals surface area contributed by atoms with E-state index in [1.54, 1.807) is 12.2 Å². The van der Waals surface area contributed by atoms with Crippen LogP contribution in [0.4, 0.5) is 0 Å². The number of ether oxygens (including phenoxy) is 1. The lowest BCUT2D eigenvalue weighted by Gasteiger charge is -1.99. The summed E-state index contributed by atoms with van der Waals surface area (Å²) in [5.74, 6) is -0.503. The minimum absolute atomic E-state index is 0.115. The van der Waals surface area contributed by atoms with Gasteiger partial charge < -0.3 is 9.15 Å². The number of hydrogen-bond acceptors (Lipinski definition) is 4. The molecule has 0 aliphatic carbocycles. The second kappa shape index (κ2) is 6.34. The molecule has 0 atom stereocenters. The SMILES string of the molecule is COC(=O)c1cc(=O)cc(/C=C/c2ccc(Br)cc2)o1. The van der Waals surface area contributed by atoms with E-state index < -0.39 is 5.97 Å². The minimum Gasteiger partial charge on any atom is -0.463 e. The molecule has 1 heterocycles. The third kappa shape index (κ3) is 3.68. The van der Waals surface area contributed by atoms with Gasteiger partial charge in [0.25, 0.3) is 0 Å². The van der Waals surface area contributed by atoms with Crippen LogP contribution in [-0.4, -0.2) is 13.1 Å². The predicted octanol–water partition coefficient (Wildman–Crippen LogP) is 3.36. The molecule has 0 amide bonds. The molecule has 1 aromatic heterocycles. The summed E-state index contributed by atoms with van der Waals surface area (Å²) in [4.78, 5) is 22.8. The quantitative estimate of drug-likeness (QED) is 0.807. The Morgan fingerprint density at radius 1 is 1.20 bits per heavy atom.